The Kier molecular flexibility index (Phi) is 7.07. The molecular weight excluding hydrogens is 344 g/mol. The largest absolute Gasteiger partial charge is 0.345 e. The van der Waals surface area contributed by atoms with Gasteiger partial charge in [0, 0.05) is 25.0 Å². The Bertz CT molecular complexity index is 882. The maximum Gasteiger partial charge on any atom is 0.227 e. The molecule has 3 rings (SSSR count). The average Bonchev–Trinajstić information content (AvgIpc) is 3.14. The first kappa shape index (κ1) is 19.9. The van der Waals surface area contributed by atoms with Gasteiger partial charge in [0.2, 0.25) is 5.91 Å². The lowest BCUT2D eigenvalue weighted by Gasteiger charge is -2.24. The van der Waals surface area contributed by atoms with Gasteiger partial charge in [0.05, 0.1) is 13.0 Å². The van der Waals surface area contributed by atoms with Gasteiger partial charge in [-0.2, -0.15) is 0 Å². The normalized spacial score (nSPS) is 10.8. The minimum absolute atomic E-state index is 0.197. The van der Waals surface area contributed by atoms with Gasteiger partial charge in [0.1, 0.15) is 0 Å². The monoisotopic (exact) mass is 374 g/mol. The Hall–Kier alpha value is -2.81. The van der Waals surface area contributed by atoms with Crippen LogP contribution in [0.5, 0.6) is 0 Å². The van der Waals surface area contributed by atoms with Crippen LogP contribution in [0.15, 0.2) is 72.9 Å². The van der Waals surface area contributed by atoms with Crippen molar-refractivity contribution < 1.29 is 4.79 Å². The molecule has 0 unspecified atom stereocenters. The molecule has 28 heavy (non-hydrogen) atoms. The number of hydrogen-bond donors (Lipinski definition) is 0. The number of nitrogens with zero attached hydrogens (tertiary/aromatic N) is 2. The number of hydrogen-bond acceptors (Lipinski definition) is 1. The highest BCUT2D eigenvalue weighted by Crippen LogP contribution is 2.15. The van der Waals surface area contributed by atoms with Crippen molar-refractivity contribution in [2.24, 2.45) is 0 Å². The topological polar surface area (TPSA) is 25.2 Å². The van der Waals surface area contributed by atoms with Gasteiger partial charge in [0.25, 0.3) is 0 Å². The van der Waals surface area contributed by atoms with Gasteiger partial charge in [0.15, 0.2) is 0 Å². The molecule has 0 radical (unpaired) electrons. The maximum atomic E-state index is 13.0. The van der Waals surface area contributed by atoms with Crippen LogP contribution in [0, 0.1) is 6.92 Å². The van der Waals surface area contributed by atoms with Gasteiger partial charge in [-0.25, -0.2) is 0 Å². The summed E-state index contributed by atoms with van der Waals surface area (Å²) in [6.07, 6.45) is 4.68. The van der Waals surface area contributed by atoms with Crippen molar-refractivity contribution in [3.8, 4) is 0 Å². The highest BCUT2D eigenvalue weighted by atomic mass is 16.2. The molecule has 0 spiro atoms. The molecule has 3 nitrogen and oxygen atoms in total. The Balaban J connectivity index is 1.73. The lowest BCUT2D eigenvalue weighted by molar-refractivity contribution is -0.131. The molecule has 0 aliphatic heterocycles. The van der Waals surface area contributed by atoms with Crippen molar-refractivity contribution in [1.29, 1.82) is 0 Å². The third-order valence-corrected chi connectivity index (χ3v) is 5.21. The summed E-state index contributed by atoms with van der Waals surface area (Å²) in [5.41, 5.74) is 4.87. The van der Waals surface area contributed by atoms with Gasteiger partial charge in [-0.15, -0.1) is 0 Å². The van der Waals surface area contributed by atoms with Crippen LogP contribution in [-0.4, -0.2) is 21.9 Å². The molecule has 0 N–H and O–H groups in total. The molecule has 0 aliphatic carbocycles. The van der Waals surface area contributed by atoms with Crippen LogP contribution in [0.2, 0.25) is 0 Å². The van der Waals surface area contributed by atoms with E-state index < -0.39 is 0 Å². The average molecular weight is 375 g/mol. The first-order valence-corrected chi connectivity index (χ1v) is 10.2. The molecule has 0 saturated carbocycles. The van der Waals surface area contributed by atoms with E-state index in [0.29, 0.717) is 13.0 Å². The quantitative estimate of drug-likeness (QED) is 0.504. The van der Waals surface area contributed by atoms with Gasteiger partial charge in [-0.1, -0.05) is 67.9 Å². The van der Waals surface area contributed by atoms with E-state index in [9.17, 15) is 4.79 Å². The molecule has 0 saturated heterocycles. The second-order valence-electron chi connectivity index (χ2n) is 7.39. The molecule has 0 bridgehead atoms. The number of carbonyl (C=O) groups excluding carboxylic acids is 1. The number of rotatable bonds is 9. The molecule has 3 heteroatoms. The second kappa shape index (κ2) is 9.93. The third kappa shape index (κ3) is 5.35. The molecule has 2 aromatic carbocycles. The number of aromatic nitrogens is 1. The number of aryl methyl sites for hydroxylation is 1. The van der Waals surface area contributed by atoms with Crippen LogP contribution >= 0.6 is 0 Å². The summed E-state index contributed by atoms with van der Waals surface area (Å²) < 4.78 is 2.26. The van der Waals surface area contributed by atoms with Gasteiger partial charge in [-0.05, 0) is 42.2 Å². The molecule has 3 aromatic rings. The van der Waals surface area contributed by atoms with E-state index in [1.165, 1.54) is 16.8 Å². The zero-order valence-corrected chi connectivity index (χ0v) is 17.0. The van der Waals surface area contributed by atoms with E-state index in [1.807, 2.05) is 35.2 Å². The second-order valence-corrected chi connectivity index (χ2v) is 7.39. The van der Waals surface area contributed by atoms with Crippen LogP contribution < -0.4 is 0 Å². The highest BCUT2D eigenvalue weighted by molar-refractivity contribution is 5.78. The van der Waals surface area contributed by atoms with Gasteiger partial charge >= 0.3 is 0 Å². The summed E-state index contributed by atoms with van der Waals surface area (Å²) in [6.45, 7) is 6.61. The van der Waals surface area contributed by atoms with Crippen LogP contribution in [-0.2, 0) is 24.3 Å². The SMILES string of the molecule is CCCCN(Cc1cccn1Cc1ccccc1C)C(=O)Cc1ccccc1. The predicted octanol–water partition coefficient (Wildman–Crippen LogP) is 5.22. The van der Waals surface area contributed by atoms with E-state index in [0.717, 1.165) is 31.5 Å². The molecule has 146 valence electrons. The Morgan fingerprint density at radius 1 is 0.964 bits per heavy atom. The predicted molar refractivity (Wildman–Crippen MR) is 115 cm³/mol. The van der Waals surface area contributed by atoms with E-state index in [4.69, 9.17) is 0 Å². The summed E-state index contributed by atoms with van der Waals surface area (Å²) in [6, 6.07) is 22.7. The lowest BCUT2D eigenvalue weighted by Crippen LogP contribution is -2.33. The lowest BCUT2D eigenvalue weighted by atomic mass is 10.1. The molecule has 1 aromatic heterocycles. The van der Waals surface area contributed by atoms with Gasteiger partial charge < -0.3 is 9.47 Å². The van der Waals surface area contributed by atoms with Crippen molar-refractivity contribution in [3.05, 3.63) is 95.3 Å². The molecule has 1 heterocycles. The van der Waals surface area contributed by atoms with E-state index >= 15 is 0 Å². The zero-order valence-electron chi connectivity index (χ0n) is 17.0. The van der Waals surface area contributed by atoms with E-state index in [2.05, 4.69) is 61.0 Å². The van der Waals surface area contributed by atoms with Crippen molar-refractivity contribution in [2.75, 3.05) is 6.54 Å². The van der Waals surface area contributed by atoms with Crippen LogP contribution in [0.1, 0.15) is 42.1 Å². The summed E-state index contributed by atoms with van der Waals surface area (Å²) in [5, 5.41) is 0. The summed E-state index contributed by atoms with van der Waals surface area (Å²) in [7, 11) is 0. The Morgan fingerprint density at radius 3 is 2.46 bits per heavy atom. The first-order valence-electron chi connectivity index (χ1n) is 10.2. The molecule has 0 fully saturated rings. The summed E-state index contributed by atoms with van der Waals surface area (Å²) in [4.78, 5) is 15.0. The minimum atomic E-state index is 0.197. The number of benzene rings is 2. The summed E-state index contributed by atoms with van der Waals surface area (Å²) >= 11 is 0. The minimum Gasteiger partial charge on any atom is -0.345 e. The smallest absolute Gasteiger partial charge is 0.227 e. The van der Waals surface area contributed by atoms with Crippen LogP contribution in [0.25, 0.3) is 0 Å². The fourth-order valence-corrected chi connectivity index (χ4v) is 3.44. The molecule has 0 aliphatic rings. The van der Waals surface area contributed by atoms with Gasteiger partial charge in [-0.3, -0.25) is 4.79 Å². The third-order valence-electron chi connectivity index (χ3n) is 5.21. The first-order chi connectivity index (χ1) is 13.7. The Morgan fingerprint density at radius 2 is 1.71 bits per heavy atom. The maximum absolute atomic E-state index is 13.0. The van der Waals surface area contributed by atoms with E-state index in [-0.39, 0.29) is 5.91 Å². The molecule has 1 amide bonds. The van der Waals surface area contributed by atoms with Crippen LogP contribution in [0.4, 0.5) is 0 Å². The Labute approximate surface area is 168 Å². The van der Waals surface area contributed by atoms with Crippen molar-refractivity contribution in [3.63, 3.8) is 0 Å². The van der Waals surface area contributed by atoms with Crippen molar-refractivity contribution in [2.45, 2.75) is 46.2 Å². The van der Waals surface area contributed by atoms with Crippen molar-refractivity contribution >= 4 is 5.91 Å². The summed E-state index contributed by atoms with van der Waals surface area (Å²) in [5.74, 6) is 0.197. The van der Waals surface area contributed by atoms with Crippen LogP contribution in [0.3, 0.4) is 0 Å². The number of amides is 1. The number of unbranched alkanes of at least 4 members (excludes halogenated alkanes) is 1. The standard InChI is InChI=1S/C25H30N2O/c1-3-4-16-27(25(28)18-22-12-6-5-7-13-22)20-24-15-10-17-26(24)19-23-14-9-8-11-21(23)2/h5-15,17H,3-4,16,18-20H2,1-2H3. The number of carbonyl (C=O) groups is 1. The highest BCUT2D eigenvalue weighted by Gasteiger charge is 2.16. The van der Waals surface area contributed by atoms with Crippen molar-refractivity contribution in [1.82, 2.24) is 9.47 Å². The fraction of sp³-hybridized carbons (Fsp3) is 0.320. The molecular formula is C25H30N2O. The fourth-order valence-electron chi connectivity index (χ4n) is 3.44. The molecule has 0 atom stereocenters. The van der Waals surface area contributed by atoms with E-state index in [1.54, 1.807) is 0 Å². The zero-order chi connectivity index (χ0) is 19.8.